The number of nitrogens with one attached hydrogen (secondary N) is 2. The van der Waals surface area contributed by atoms with Crippen molar-refractivity contribution in [3.8, 4) is 0 Å². The zero-order valence-corrected chi connectivity index (χ0v) is 8.09. The number of piperazine rings is 1. The van der Waals surface area contributed by atoms with Gasteiger partial charge in [-0.05, 0) is 12.3 Å². The molecule has 0 spiro atoms. The fourth-order valence-electron chi connectivity index (χ4n) is 1.34. The van der Waals surface area contributed by atoms with E-state index in [4.69, 9.17) is 0 Å². The van der Waals surface area contributed by atoms with Crippen LogP contribution in [0.5, 0.6) is 0 Å². The van der Waals surface area contributed by atoms with Crippen molar-refractivity contribution in [3.63, 3.8) is 0 Å². The first-order valence-corrected chi connectivity index (χ1v) is 4.70. The summed E-state index contributed by atoms with van der Waals surface area (Å²) in [5.74, 6) is 0.0957. The molecule has 0 aromatic heterocycles. The molecule has 1 aliphatic heterocycles. The van der Waals surface area contributed by atoms with Gasteiger partial charge in [-0.25, -0.2) is 0 Å². The summed E-state index contributed by atoms with van der Waals surface area (Å²) < 4.78 is 0. The molecule has 2 unspecified atom stereocenters. The molecule has 74 valence electrons. The molecular formula is C9H16N2O2. The van der Waals surface area contributed by atoms with E-state index < -0.39 is 0 Å². The largest absolute Gasteiger partial charge is 0.297 e. The Bertz CT molecular complexity index is 216. The monoisotopic (exact) mass is 184 g/mol. The summed E-state index contributed by atoms with van der Waals surface area (Å²) in [6.07, 6.45) is 1.86. The number of carbonyl (C=O) groups excluding carboxylic acids is 2. The predicted molar refractivity (Wildman–Crippen MR) is 49.0 cm³/mol. The number of rotatable bonds is 3. The van der Waals surface area contributed by atoms with Gasteiger partial charge < -0.3 is 0 Å². The number of carbonyl (C=O) groups is 2. The van der Waals surface area contributed by atoms with Crippen LogP contribution in [-0.2, 0) is 9.59 Å². The Morgan fingerprint density at radius 2 is 2.23 bits per heavy atom. The molecular weight excluding hydrogens is 168 g/mol. The van der Waals surface area contributed by atoms with E-state index >= 15 is 0 Å². The third kappa shape index (κ3) is 2.81. The van der Waals surface area contributed by atoms with Crippen molar-refractivity contribution in [2.24, 2.45) is 5.92 Å². The minimum Gasteiger partial charge on any atom is -0.297 e. The first-order chi connectivity index (χ1) is 6.13. The molecule has 0 radical (unpaired) electrons. The second-order valence-corrected chi connectivity index (χ2v) is 3.60. The van der Waals surface area contributed by atoms with E-state index in [2.05, 4.69) is 24.5 Å². The van der Waals surface area contributed by atoms with E-state index in [1.165, 1.54) is 0 Å². The quantitative estimate of drug-likeness (QED) is 0.609. The van der Waals surface area contributed by atoms with Crippen LogP contribution < -0.4 is 10.6 Å². The number of hydrogen-bond acceptors (Lipinski definition) is 3. The van der Waals surface area contributed by atoms with Crippen LogP contribution in [0, 0.1) is 5.92 Å². The molecule has 1 saturated heterocycles. The smallest absolute Gasteiger partial charge is 0.243 e. The van der Waals surface area contributed by atoms with E-state index in [-0.39, 0.29) is 24.4 Å². The molecule has 13 heavy (non-hydrogen) atoms. The fourth-order valence-corrected chi connectivity index (χ4v) is 1.34. The van der Waals surface area contributed by atoms with Gasteiger partial charge in [0.25, 0.3) is 0 Å². The first-order valence-electron chi connectivity index (χ1n) is 4.70. The maximum atomic E-state index is 11.3. The molecule has 4 heteroatoms. The average molecular weight is 184 g/mol. The maximum Gasteiger partial charge on any atom is 0.243 e. The van der Waals surface area contributed by atoms with Crippen molar-refractivity contribution in [2.75, 3.05) is 6.54 Å². The van der Waals surface area contributed by atoms with Crippen molar-refractivity contribution in [2.45, 2.75) is 32.7 Å². The van der Waals surface area contributed by atoms with Crippen LogP contribution in [-0.4, -0.2) is 24.4 Å². The molecule has 2 atom stereocenters. The van der Waals surface area contributed by atoms with Gasteiger partial charge in [0.1, 0.15) is 0 Å². The van der Waals surface area contributed by atoms with Gasteiger partial charge in [-0.3, -0.25) is 20.2 Å². The van der Waals surface area contributed by atoms with Crippen molar-refractivity contribution in [1.29, 1.82) is 0 Å². The molecule has 0 aliphatic carbocycles. The molecule has 1 heterocycles. The van der Waals surface area contributed by atoms with Crippen LogP contribution in [0.25, 0.3) is 0 Å². The Hall–Kier alpha value is -0.900. The zero-order chi connectivity index (χ0) is 9.84. The van der Waals surface area contributed by atoms with E-state index in [0.29, 0.717) is 5.92 Å². The second kappa shape index (κ2) is 4.37. The Morgan fingerprint density at radius 3 is 2.77 bits per heavy atom. The topological polar surface area (TPSA) is 58.2 Å². The number of imide groups is 1. The normalized spacial score (nSPS) is 25.5. The summed E-state index contributed by atoms with van der Waals surface area (Å²) in [7, 11) is 0. The van der Waals surface area contributed by atoms with E-state index in [1.807, 2.05) is 0 Å². The molecule has 4 nitrogen and oxygen atoms in total. The zero-order valence-electron chi connectivity index (χ0n) is 8.09. The summed E-state index contributed by atoms with van der Waals surface area (Å²) in [6, 6.07) is -0.187. The lowest BCUT2D eigenvalue weighted by atomic mass is 9.98. The standard InChI is InChI=1S/C9H16N2O2/c1-3-6(2)4-7-9(13)11-8(12)5-10-7/h6-7,10H,3-5H2,1-2H3,(H,11,12,13). The Morgan fingerprint density at radius 1 is 1.54 bits per heavy atom. The van der Waals surface area contributed by atoms with Crippen LogP contribution in [0.1, 0.15) is 26.7 Å². The molecule has 1 aliphatic rings. The SMILES string of the molecule is CCC(C)CC1NCC(=O)NC1=O. The predicted octanol–water partition coefficient (Wildman–Crippen LogP) is 0.0372. The third-order valence-electron chi connectivity index (χ3n) is 2.42. The maximum absolute atomic E-state index is 11.3. The highest BCUT2D eigenvalue weighted by Gasteiger charge is 2.26. The Balaban J connectivity index is 2.42. The minimum atomic E-state index is -0.231. The fraction of sp³-hybridized carbons (Fsp3) is 0.778. The lowest BCUT2D eigenvalue weighted by Crippen LogP contribution is -2.56. The molecule has 0 bridgehead atoms. The molecule has 2 N–H and O–H groups in total. The molecule has 0 saturated carbocycles. The van der Waals surface area contributed by atoms with Gasteiger partial charge in [0.15, 0.2) is 0 Å². The van der Waals surface area contributed by atoms with Gasteiger partial charge >= 0.3 is 0 Å². The highest BCUT2D eigenvalue weighted by molar-refractivity contribution is 6.01. The lowest BCUT2D eigenvalue weighted by molar-refractivity contribution is -0.134. The molecule has 0 aromatic carbocycles. The van der Waals surface area contributed by atoms with Crippen LogP contribution >= 0.6 is 0 Å². The van der Waals surface area contributed by atoms with Gasteiger partial charge in [0, 0.05) is 0 Å². The molecule has 0 aromatic rings. The molecule has 1 fully saturated rings. The summed E-state index contributed by atoms with van der Waals surface area (Å²) in [5.41, 5.74) is 0. The van der Waals surface area contributed by atoms with Crippen molar-refractivity contribution in [3.05, 3.63) is 0 Å². The van der Waals surface area contributed by atoms with E-state index in [1.54, 1.807) is 0 Å². The van der Waals surface area contributed by atoms with Gasteiger partial charge in [-0.2, -0.15) is 0 Å². The average Bonchev–Trinajstić information content (AvgIpc) is 2.09. The van der Waals surface area contributed by atoms with Gasteiger partial charge in [-0.15, -0.1) is 0 Å². The third-order valence-corrected chi connectivity index (χ3v) is 2.42. The Kier molecular flexibility index (Phi) is 3.42. The second-order valence-electron chi connectivity index (χ2n) is 3.60. The van der Waals surface area contributed by atoms with E-state index in [9.17, 15) is 9.59 Å². The summed E-state index contributed by atoms with van der Waals surface area (Å²) in [5, 5.41) is 5.24. The summed E-state index contributed by atoms with van der Waals surface area (Å²) >= 11 is 0. The van der Waals surface area contributed by atoms with Crippen LogP contribution in [0.3, 0.4) is 0 Å². The van der Waals surface area contributed by atoms with Crippen molar-refractivity contribution < 1.29 is 9.59 Å². The van der Waals surface area contributed by atoms with Crippen molar-refractivity contribution in [1.82, 2.24) is 10.6 Å². The van der Waals surface area contributed by atoms with Gasteiger partial charge in [-0.1, -0.05) is 20.3 Å². The number of amides is 2. The highest BCUT2D eigenvalue weighted by Crippen LogP contribution is 2.10. The minimum absolute atomic E-state index is 0.184. The van der Waals surface area contributed by atoms with Gasteiger partial charge in [0.2, 0.25) is 11.8 Å². The highest BCUT2D eigenvalue weighted by atomic mass is 16.2. The number of hydrogen-bond donors (Lipinski definition) is 2. The van der Waals surface area contributed by atoms with Crippen LogP contribution in [0.2, 0.25) is 0 Å². The molecule has 2 amide bonds. The van der Waals surface area contributed by atoms with Gasteiger partial charge in [0.05, 0.1) is 12.6 Å². The van der Waals surface area contributed by atoms with Crippen LogP contribution in [0.15, 0.2) is 0 Å². The van der Waals surface area contributed by atoms with Crippen LogP contribution in [0.4, 0.5) is 0 Å². The van der Waals surface area contributed by atoms with Crippen molar-refractivity contribution >= 4 is 11.8 Å². The summed E-state index contributed by atoms with van der Waals surface area (Å²) in [6.45, 7) is 4.45. The summed E-state index contributed by atoms with van der Waals surface area (Å²) in [4.78, 5) is 22.0. The Labute approximate surface area is 78.1 Å². The van der Waals surface area contributed by atoms with E-state index in [0.717, 1.165) is 12.8 Å². The first kappa shape index (κ1) is 10.2. The molecule has 1 rings (SSSR count). The lowest BCUT2D eigenvalue weighted by Gasteiger charge is -2.24.